The molecule has 4 rings (SSSR count). The Morgan fingerprint density at radius 1 is 1.17 bits per heavy atom. The van der Waals surface area contributed by atoms with Gasteiger partial charge in [-0.25, -0.2) is 9.97 Å². The van der Waals surface area contributed by atoms with Crippen molar-refractivity contribution in [1.82, 2.24) is 19.9 Å². The minimum absolute atomic E-state index is 0.264. The van der Waals surface area contributed by atoms with Crippen LogP contribution in [-0.2, 0) is 12.1 Å². The highest BCUT2D eigenvalue weighted by molar-refractivity contribution is 5.24. The first-order chi connectivity index (χ1) is 11.7. The van der Waals surface area contributed by atoms with Gasteiger partial charge in [0.15, 0.2) is 0 Å². The second kappa shape index (κ2) is 6.22. The molecule has 126 valence electrons. The highest BCUT2D eigenvalue weighted by Crippen LogP contribution is 2.49. The summed E-state index contributed by atoms with van der Waals surface area (Å²) in [6, 6.07) is 3.96. The Bertz CT molecular complexity index is 674. The van der Waals surface area contributed by atoms with Crippen LogP contribution in [-0.4, -0.2) is 38.0 Å². The SMILES string of the molecule is Cc1ncc(CN2CC3CCCC(C2)C3(O)c2cccnc2)cn1. The van der Waals surface area contributed by atoms with Crippen molar-refractivity contribution in [2.45, 2.75) is 38.3 Å². The number of likely N-dealkylation sites (tertiary alicyclic amines) is 1. The van der Waals surface area contributed by atoms with E-state index in [1.54, 1.807) is 6.20 Å². The molecular weight excluding hydrogens is 300 g/mol. The number of aromatic nitrogens is 3. The van der Waals surface area contributed by atoms with Crippen molar-refractivity contribution in [1.29, 1.82) is 0 Å². The van der Waals surface area contributed by atoms with E-state index in [-0.39, 0.29) is 11.8 Å². The highest BCUT2D eigenvalue weighted by Gasteiger charge is 2.51. The van der Waals surface area contributed by atoms with E-state index < -0.39 is 5.60 Å². The molecule has 1 aliphatic heterocycles. The minimum atomic E-state index is -0.729. The predicted octanol–water partition coefficient (Wildman–Crippen LogP) is 2.30. The molecule has 1 saturated carbocycles. The van der Waals surface area contributed by atoms with Crippen LogP contribution in [0.1, 0.15) is 36.2 Å². The monoisotopic (exact) mass is 324 g/mol. The number of hydrogen-bond donors (Lipinski definition) is 1. The number of rotatable bonds is 3. The lowest BCUT2D eigenvalue weighted by Crippen LogP contribution is -2.57. The summed E-state index contributed by atoms with van der Waals surface area (Å²) in [5.74, 6) is 1.33. The number of pyridine rings is 1. The molecule has 0 spiro atoms. The van der Waals surface area contributed by atoms with E-state index in [0.29, 0.717) is 0 Å². The van der Waals surface area contributed by atoms with Crippen molar-refractivity contribution in [3.8, 4) is 0 Å². The van der Waals surface area contributed by atoms with E-state index in [2.05, 4.69) is 19.9 Å². The summed E-state index contributed by atoms with van der Waals surface area (Å²) >= 11 is 0. The Labute approximate surface area is 142 Å². The molecule has 0 amide bonds. The summed E-state index contributed by atoms with van der Waals surface area (Å²) in [4.78, 5) is 15.3. The van der Waals surface area contributed by atoms with Crippen LogP contribution >= 0.6 is 0 Å². The van der Waals surface area contributed by atoms with Crippen LogP contribution in [0.4, 0.5) is 0 Å². The van der Waals surface area contributed by atoms with Gasteiger partial charge in [-0.1, -0.05) is 12.5 Å². The Morgan fingerprint density at radius 3 is 2.50 bits per heavy atom. The van der Waals surface area contributed by atoms with Crippen LogP contribution in [0.15, 0.2) is 36.9 Å². The van der Waals surface area contributed by atoms with E-state index in [1.807, 2.05) is 37.6 Å². The average molecular weight is 324 g/mol. The lowest BCUT2D eigenvalue weighted by molar-refractivity contribution is -0.148. The number of piperidine rings is 1. The van der Waals surface area contributed by atoms with Gasteiger partial charge in [0.1, 0.15) is 5.82 Å². The Hall–Kier alpha value is -1.85. The van der Waals surface area contributed by atoms with Gasteiger partial charge in [0.2, 0.25) is 0 Å². The topological polar surface area (TPSA) is 62.1 Å². The fraction of sp³-hybridized carbons (Fsp3) is 0.526. The molecule has 2 aromatic rings. The maximum Gasteiger partial charge on any atom is 0.125 e. The van der Waals surface area contributed by atoms with Gasteiger partial charge < -0.3 is 5.11 Å². The number of fused-ring (bicyclic) bond motifs is 2. The van der Waals surface area contributed by atoms with Crippen molar-refractivity contribution in [3.05, 3.63) is 53.9 Å². The van der Waals surface area contributed by atoms with Gasteiger partial charge in [-0.3, -0.25) is 9.88 Å². The summed E-state index contributed by atoms with van der Waals surface area (Å²) < 4.78 is 0. The van der Waals surface area contributed by atoms with E-state index in [1.165, 1.54) is 6.42 Å². The lowest BCUT2D eigenvalue weighted by atomic mass is 9.63. The van der Waals surface area contributed by atoms with E-state index in [0.717, 1.165) is 49.4 Å². The minimum Gasteiger partial charge on any atom is -0.384 e. The van der Waals surface area contributed by atoms with Crippen LogP contribution in [0.25, 0.3) is 0 Å². The molecule has 2 aromatic heterocycles. The Balaban J connectivity index is 1.55. The second-order valence-corrected chi connectivity index (χ2v) is 7.22. The maximum atomic E-state index is 11.6. The number of aryl methyl sites for hydroxylation is 1. The standard InChI is InChI=1S/C19H24N4O/c1-14-21-8-15(9-22-14)11-23-12-17-4-2-5-18(13-23)19(17,24)16-6-3-7-20-10-16/h3,6-10,17-18,24H,2,4-5,11-13H2,1H3. The van der Waals surface area contributed by atoms with Crippen LogP contribution < -0.4 is 0 Å². The molecule has 3 heterocycles. The van der Waals surface area contributed by atoms with Gasteiger partial charge in [0.05, 0.1) is 5.60 Å². The summed E-state index contributed by atoms with van der Waals surface area (Å²) in [6.07, 6.45) is 10.8. The molecule has 24 heavy (non-hydrogen) atoms. The zero-order valence-corrected chi connectivity index (χ0v) is 14.1. The van der Waals surface area contributed by atoms with Gasteiger partial charge in [-0.15, -0.1) is 0 Å². The first kappa shape index (κ1) is 15.7. The van der Waals surface area contributed by atoms with E-state index in [4.69, 9.17) is 0 Å². The van der Waals surface area contributed by atoms with Gasteiger partial charge >= 0.3 is 0 Å². The van der Waals surface area contributed by atoms with Crippen molar-refractivity contribution < 1.29 is 5.11 Å². The van der Waals surface area contributed by atoms with Crippen LogP contribution in [0.2, 0.25) is 0 Å². The van der Waals surface area contributed by atoms with Gasteiger partial charge in [0.25, 0.3) is 0 Å². The predicted molar refractivity (Wildman–Crippen MR) is 91.0 cm³/mol. The first-order valence-corrected chi connectivity index (χ1v) is 8.79. The molecule has 0 radical (unpaired) electrons. The van der Waals surface area contributed by atoms with Crippen molar-refractivity contribution >= 4 is 0 Å². The van der Waals surface area contributed by atoms with Gasteiger partial charge in [0, 0.05) is 67.4 Å². The fourth-order valence-electron chi connectivity index (χ4n) is 4.50. The molecule has 5 nitrogen and oxygen atoms in total. The molecule has 2 bridgehead atoms. The first-order valence-electron chi connectivity index (χ1n) is 8.79. The quantitative estimate of drug-likeness (QED) is 0.939. The fourth-order valence-corrected chi connectivity index (χ4v) is 4.50. The highest BCUT2D eigenvalue weighted by atomic mass is 16.3. The molecule has 2 unspecified atom stereocenters. The van der Waals surface area contributed by atoms with Gasteiger partial charge in [-0.2, -0.15) is 0 Å². The van der Waals surface area contributed by atoms with Crippen LogP contribution in [0.5, 0.6) is 0 Å². The van der Waals surface area contributed by atoms with Gasteiger partial charge in [-0.05, 0) is 25.8 Å². The molecule has 2 aliphatic rings. The van der Waals surface area contributed by atoms with Crippen LogP contribution in [0, 0.1) is 18.8 Å². The molecule has 0 aromatic carbocycles. The zero-order chi connectivity index (χ0) is 16.6. The second-order valence-electron chi connectivity index (χ2n) is 7.22. The largest absolute Gasteiger partial charge is 0.384 e. The number of aliphatic hydroxyl groups is 1. The molecule has 2 fully saturated rings. The summed E-state index contributed by atoms with van der Waals surface area (Å²) in [5.41, 5.74) is 1.40. The van der Waals surface area contributed by atoms with Crippen molar-refractivity contribution in [2.75, 3.05) is 13.1 Å². The smallest absolute Gasteiger partial charge is 0.125 e. The van der Waals surface area contributed by atoms with Crippen molar-refractivity contribution in [3.63, 3.8) is 0 Å². The van der Waals surface area contributed by atoms with Crippen molar-refractivity contribution in [2.24, 2.45) is 11.8 Å². The maximum absolute atomic E-state index is 11.6. The van der Waals surface area contributed by atoms with Crippen LogP contribution in [0.3, 0.4) is 0 Å². The molecule has 1 saturated heterocycles. The summed E-state index contributed by atoms with van der Waals surface area (Å²) in [5, 5.41) is 11.6. The molecule has 1 aliphatic carbocycles. The Kier molecular flexibility index (Phi) is 4.06. The summed E-state index contributed by atoms with van der Waals surface area (Å²) in [6.45, 7) is 4.59. The van der Waals surface area contributed by atoms with E-state index >= 15 is 0 Å². The number of hydrogen-bond acceptors (Lipinski definition) is 5. The molecule has 5 heteroatoms. The normalized spacial score (nSPS) is 30.2. The molecule has 1 N–H and O–H groups in total. The third kappa shape index (κ3) is 2.72. The zero-order valence-electron chi connectivity index (χ0n) is 14.1. The molecule has 2 atom stereocenters. The third-order valence-electron chi connectivity index (χ3n) is 5.67. The average Bonchev–Trinajstić information content (AvgIpc) is 2.59. The third-order valence-corrected chi connectivity index (χ3v) is 5.67. The Morgan fingerprint density at radius 2 is 1.88 bits per heavy atom. The summed E-state index contributed by atoms with van der Waals surface area (Å²) in [7, 11) is 0. The lowest BCUT2D eigenvalue weighted by Gasteiger charge is -2.53. The number of nitrogens with zero attached hydrogens (tertiary/aromatic N) is 4. The van der Waals surface area contributed by atoms with E-state index in [9.17, 15) is 5.11 Å². The molecular formula is C19H24N4O.